The van der Waals surface area contributed by atoms with Gasteiger partial charge in [0.25, 0.3) is 0 Å². The SMILES string of the molecule is COc1ccc(CN(Cc2ccc(OC)cc2)c2ncc(-c3nc(N4CCOCC4)nc4c3CCN4c3ccnc(N4CCOCC4)c3)cn2)cc1. The van der Waals surface area contributed by atoms with Gasteiger partial charge >= 0.3 is 0 Å². The summed E-state index contributed by atoms with van der Waals surface area (Å²) in [6.07, 6.45) is 6.48. The van der Waals surface area contributed by atoms with Gasteiger partial charge in [0.05, 0.1) is 46.3 Å². The first kappa shape index (κ1) is 33.6. The van der Waals surface area contributed by atoms with Crippen LogP contribution in [0.15, 0.2) is 79.3 Å². The second-order valence-electron chi connectivity index (χ2n) is 13.0. The molecule has 0 amide bonds. The minimum absolute atomic E-state index is 0.618. The molecule has 3 aromatic heterocycles. The molecule has 0 atom stereocenters. The lowest BCUT2D eigenvalue weighted by atomic mass is 10.1. The molecule has 2 fully saturated rings. The minimum atomic E-state index is 0.618. The summed E-state index contributed by atoms with van der Waals surface area (Å²) in [4.78, 5) is 33.9. The smallest absolute Gasteiger partial charge is 0.228 e. The van der Waals surface area contributed by atoms with Crippen LogP contribution < -0.4 is 29.1 Å². The number of fused-ring (bicyclic) bond motifs is 1. The van der Waals surface area contributed by atoms with Gasteiger partial charge in [-0.05, 0) is 47.9 Å². The third-order valence-electron chi connectivity index (χ3n) is 9.74. The first-order valence-electron chi connectivity index (χ1n) is 17.8. The van der Waals surface area contributed by atoms with E-state index in [1.807, 2.05) is 42.9 Å². The molecule has 0 saturated carbocycles. The molecule has 5 aromatic rings. The molecular formula is C39H43N9O4. The molecule has 0 unspecified atom stereocenters. The van der Waals surface area contributed by atoms with Gasteiger partial charge in [-0.2, -0.15) is 4.98 Å². The van der Waals surface area contributed by atoms with Crippen molar-refractivity contribution in [2.45, 2.75) is 19.5 Å². The Kier molecular flexibility index (Phi) is 9.94. The van der Waals surface area contributed by atoms with Crippen molar-refractivity contribution in [3.05, 3.63) is 95.9 Å². The predicted octanol–water partition coefficient (Wildman–Crippen LogP) is 4.92. The first-order valence-corrected chi connectivity index (χ1v) is 17.8. The molecule has 3 aliphatic rings. The lowest BCUT2D eigenvalue weighted by Gasteiger charge is -2.29. The van der Waals surface area contributed by atoms with Crippen LogP contribution in [0, 0.1) is 0 Å². The molecule has 8 rings (SSSR count). The van der Waals surface area contributed by atoms with Gasteiger partial charge in [0.15, 0.2) is 0 Å². The summed E-state index contributed by atoms with van der Waals surface area (Å²) >= 11 is 0. The highest BCUT2D eigenvalue weighted by Gasteiger charge is 2.30. The maximum absolute atomic E-state index is 5.67. The quantitative estimate of drug-likeness (QED) is 0.186. The van der Waals surface area contributed by atoms with Gasteiger partial charge < -0.3 is 38.5 Å². The van der Waals surface area contributed by atoms with Crippen LogP contribution in [0.3, 0.4) is 0 Å². The van der Waals surface area contributed by atoms with Crippen molar-refractivity contribution in [1.82, 2.24) is 24.9 Å². The van der Waals surface area contributed by atoms with Crippen molar-refractivity contribution in [1.29, 1.82) is 0 Å². The Morgan fingerprint density at radius 3 is 1.88 bits per heavy atom. The number of morpholine rings is 2. The fourth-order valence-electron chi connectivity index (χ4n) is 6.89. The van der Waals surface area contributed by atoms with E-state index >= 15 is 0 Å². The maximum atomic E-state index is 5.67. The summed E-state index contributed by atoms with van der Waals surface area (Å²) in [7, 11) is 3.35. The fraction of sp³-hybridized carbons (Fsp3) is 0.359. The van der Waals surface area contributed by atoms with E-state index in [2.05, 4.69) is 56.0 Å². The predicted molar refractivity (Wildman–Crippen MR) is 200 cm³/mol. The Morgan fingerprint density at radius 2 is 1.29 bits per heavy atom. The van der Waals surface area contributed by atoms with Gasteiger partial charge in [0, 0.05) is 87.3 Å². The highest BCUT2D eigenvalue weighted by molar-refractivity contribution is 5.77. The van der Waals surface area contributed by atoms with E-state index in [4.69, 9.17) is 43.9 Å². The lowest BCUT2D eigenvalue weighted by Crippen LogP contribution is -2.37. The minimum Gasteiger partial charge on any atom is -0.497 e. The molecule has 13 nitrogen and oxygen atoms in total. The highest BCUT2D eigenvalue weighted by Crippen LogP contribution is 2.40. The highest BCUT2D eigenvalue weighted by atomic mass is 16.5. The number of rotatable bonds is 11. The van der Waals surface area contributed by atoms with Crippen molar-refractivity contribution in [3.63, 3.8) is 0 Å². The average molecular weight is 702 g/mol. The zero-order chi connectivity index (χ0) is 35.3. The summed E-state index contributed by atoms with van der Waals surface area (Å²) < 4.78 is 22.0. The van der Waals surface area contributed by atoms with Crippen molar-refractivity contribution in [2.24, 2.45) is 0 Å². The number of anilines is 5. The Balaban J connectivity index is 1.13. The van der Waals surface area contributed by atoms with Crippen molar-refractivity contribution in [2.75, 3.05) is 93.0 Å². The molecule has 0 radical (unpaired) electrons. The molecule has 6 heterocycles. The van der Waals surface area contributed by atoms with Crippen LogP contribution in [0.1, 0.15) is 16.7 Å². The second kappa shape index (κ2) is 15.4. The topological polar surface area (TPSA) is 114 Å². The van der Waals surface area contributed by atoms with Gasteiger partial charge in [0.1, 0.15) is 23.1 Å². The fourth-order valence-corrected chi connectivity index (χ4v) is 6.89. The summed E-state index contributed by atoms with van der Waals surface area (Å²) in [6, 6.07) is 20.4. The molecule has 52 heavy (non-hydrogen) atoms. The number of ether oxygens (including phenoxy) is 4. The number of hydrogen-bond acceptors (Lipinski definition) is 13. The van der Waals surface area contributed by atoms with Crippen LogP contribution in [-0.2, 0) is 29.0 Å². The van der Waals surface area contributed by atoms with Crippen LogP contribution >= 0.6 is 0 Å². The summed E-state index contributed by atoms with van der Waals surface area (Å²) in [5, 5.41) is 0. The van der Waals surface area contributed by atoms with Crippen LogP contribution in [0.5, 0.6) is 11.5 Å². The van der Waals surface area contributed by atoms with Crippen molar-refractivity contribution < 1.29 is 18.9 Å². The van der Waals surface area contributed by atoms with Gasteiger partial charge in [-0.3, -0.25) is 0 Å². The van der Waals surface area contributed by atoms with Crippen LogP contribution in [0.2, 0.25) is 0 Å². The molecule has 2 saturated heterocycles. The van der Waals surface area contributed by atoms with Gasteiger partial charge in [-0.1, -0.05) is 24.3 Å². The summed E-state index contributed by atoms with van der Waals surface area (Å²) in [5.74, 6) is 4.82. The Labute approximate surface area is 303 Å². The third-order valence-corrected chi connectivity index (χ3v) is 9.74. The summed E-state index contributed by atoms with van der Waals surface area (Å²) in [5.41, 5.74) is 6.12. The maximum Gasteiger partial charge on any atom is 0.228 e. The molecule has 0 aliphatic carbocycles. The number of aromatic nitrogens is 5. The molecule has 0 N–H and O–H groups in total. The summed E-state index contributed by atoms with van der Waals surface area (Å²) in [6.45, 7) is 7.84. The van der Waals surface area contributed by atoms with Crippen LogP contribution in [-0.4, -0.2) is 98.3 Å². The Hall–Kier alpha value is -5.53. The molecule has 3 aliphatic heterocycles. The van der Waals surface area contributed by atoms with Gasteiger partial charge in [0.2, 0.25) is 11.9 Å². The molecular weight excluding hydrogens is 658 g/mol. The van der Waals surface area contributed by atoms with Crippen LogP contribution in [0.25, 0.3) is 11.3 Å². The normalized spacial score (nSPS) is 15.8. The first-order chi connectivity index (χ1) is 25.6. The van der Waals surface area contributed by atoms with Crippen molar-refractivity contribution >= 4 is 29.2 Å². The van der Waals surface area contributed by atoms with E-state index in [1.54, 1.807) is 14.2 Å². The van der Waals surface area contributed by atoms with Gasteiger partial charge in [-0.15, -0.1) is 0 Å². The molecule has 0 spiro atoms. The third kappa shape index (κ3) is 7.28. The zero-order valence-corrected chi connectivity index (χ0v) is 29.6. The number of nitrogens with zero attached hydrogens (tertiary/aromatic N) is 9. The Morgan fingerprint density at radius 1 is 0.692 bits per heavy atom. The largest absolute Gasteiger partial charge is 0.497 e. The number of pyridine rings is 1. The molecule has 268 valence electrons. The number of hydrogen-bond donors (Lipinski definition) is 0. The van der Waals surface area contributed by atoms with E-state index in [0.717, 1.165) is 95.9 Å². The second-order valence-corrected chi connectivity index (χ2v) is 13.0. The number of methoxy groups -OCH3 is 2. The van der Waals surface area contributed by atoms with E-state index in [0.29, 0.717) is 51.4 Å². The van der Waals surface area contributed by atoms with E-state index in [1.165, 1.54) is 0 Å². The van der Waals surface area contributed by atoms with E-state index in [-0.39, 0.29) is 0 Å². The average Bonchev–Trinajstić information content (AvgIpc) is 3.66. The molecule has 13 heteroatoms. The van der Waals surface area contributed by atoms with Crippen LogP contribution in [0.4, 0.5) is 29.2 Å². The van der Waals surface area contributed by atoms with Crippen molar-refractivity contribution in [3.8, 4) is 22.8 Å². The Bertz CT molecular complexity index is 1900. The van der Waals surface area contributed by atoms with Gasteiger partial charge in [-0.25, -0.2) is 19.9 Å². The standard InChI is InChI=1S/C39H43N9O4/c1-49-32-7-3-28(4-8-32)26-47(27-29-5-9-33(50-2)10-6-29)38-41-24-30(25-42-38)36-34-12-14-48(37(34)44-39(43-36)46-17-21-52-22-18-46)31-11-13-40-35(23-31)45-15-19-51-20-16-45/h3-11,13,23-25H,12,14-22,26-27H2,1-2H3. The monoisotopic (exact) mass is 701 g/mol. The van der Waals surface area contributed by atoms with E-state index < -0.39 is 0 Å². The molecule has 2 aromatic carbocycles. The molecule has 0 bridgehead atoms. The van der Waals surface area contributed by atoms with E-state index in [9.17, 15) is 0 Å². The lowest BCUT2D eigenvalue weighted by molar-refractivity contribution is 0.122. The zero-order valence-electron chi connectivity index (χ0n) is 29.6. The number of benzene rings is 2.